The zero-order valence-corrected chi connectivity index (χ0v) is 9.63. The summed E-state index contributed by atoms with van der Waals surface area (Å²) in [6, 6.07) is 0.670. The topological polar surface area (TPSA) is 34.0 Å². The molecule has 1 aliphatic heterocycles. The Bertz CT molecular complexity index is 281. The summed E-state index contributed by atoms with van der Waals surface area (Å²) in [5.41, 5.74) is 0. The summed E-state index contributed by atoms with van der Waals surface area (Å²) < 4.78 is 1.95. The molecular formula is C11H20N4. The number of aromatic nitrogens is 3. The van der Waals surface area contributed by atoms with Crippen molar-refractivity contribution in [2.75, 3.05) is 13.1 Å². The second kappa shape index (κ2) is 4.75. The largest absolute Gasteiger partial charge is 0.301 e. The lowest BCUT2D eigenvalue weighted by atomic mass is 9.97. The van der Waals surface area contributed by atoms with Gasteiger partial charge in [0.1, 0.15) is 0 Å². The maximum atomic E-state index is 4.03. The molecule has 0 radical (unpaired) electrons. The van der Waals surface area contributed by atoms with Crippen LogP contribution in [-0.2, 0) is 6.54 Å². The normalized spacial score (nSPS) is 23.5. The van der Waals surface area contributed by atoms with E-state index in [1.165, 1.54) is 25.9 Å². The number of piperidine rings is 1. The van der Waals surface area contributed by atoms with Gasteiger partial charge in [-0.1, -0.05) is 5.21 Å². The Labute approximate surface area is 91.3 Å². The van der Waals surface area contributed by atoms with Gasteiger partial charge in [0.05, 0.1) is 6.20 Å². The highest BCUT2D eigenvalue weighted by Crippen LogP contribution is 2.19. The minimum atomic E-state index is 0.670. The van der Waals surface area contributed by atoms with Gasteiger partial charge in [-0.3, -0.25) is 4.68 Å². The summed E-state index contributed by atoms with van der Waals surface area (Å²) in [5, 5.41) is 7.87. The summed E-state index contributed by atoms with van der Waals surface area (Å²) in [6.07, 6.45) is 6.35. The Morgan fingerprint density at radius 3 is 3.00 bits per heavy atom. The van der Waals surface area contributed by atoms with Crippen molar-refractivity contribution in [2.45, 2.75) is 39.3 Å². The Balaban J connectivity index is 1.88. The first-order chi connectivity index (χ1) is 7.25. The van der Waals surface area contributed by atoms with Crippen LogP contribution in [0.1, 0.15) is 26.7 Å². The summed E-state index contributed by atoms with van der Waals surface area (Å²) in [5.74, 6) is 0.739. The van der Waals surface area contributed by atoms with Crippen LogP contribution in [0.15, 0.2) is 12.4 Å². The second-order valence-corrected chi connectivity index (χ2v) is 4.72. The Kier molecular flexibility index (Phi) is 3.36. The standard InChI is InChI=1S/C11H20N4/c1-10(2)14-6-3-4-11(8-14)9-15-7-5-12-13-15/h5,7,10-11H,3-4,6,8-9H2,1-2H3. The molecule has 1 unspecified atom stereocenters. The van der Waals surface area contributed by atoms with Gasteiger partial charge in [-0.15, -0.1) is 5.10 Å². The Morgan fingerprint density at radius 2 is 2.33 bits per heavy atom. The van der Waals surface area contributed by atoms with Crippen molar-refractivity contribution in [2.24, 2.45) is 5.92 Å². The lowest BCUT2D eigenvalue weighted by Crippen LogP contribution is -2.41. The SMILES string of the molecule is CC(C)N1CCCC(Cn2ccnn2)C1. The number of hydrogen-bond acceptors (Lipinski definition) is 3. The first-order valence-electron chi connectivity index (χ1n) is 5.84. The van der Waals surface area contributed by atoms with Gasteiger partial charge in [0, 0.05) is 25.3 Å². The highest BCUT2D eigenvalue weighted by Gasteiger charge is 2.21. The van der Waals surface area contributed by atoms with E-state index in [0.29, 0.717) is 6.04 Å². The molecule has 1 atom stereocenters. The molecule has 1 aromatic heterocycles. The number of hydrogen-bond donors (Lipinski definition) is 0. The van der Waals surface area contributed by atoms with Gasteiger partial charge < -0.3 is 4.90 Å². The van der Waals surface area contributed by atoms with Gasteiger partial charge in [-0.25, -0.2) is 0 Å². The van der Waals surface area contributed by atoms with E-state index in [-0.39, 0.29) is 0 Å². The predicted molar refractivity (Wildman–Crippen MR) is 59.5 cm³/mol. The Hall–Kier alpha value is -0.900. The molecule has 0 aliphatic carbocycles. The van der Waals surface area contributed by atoms with Crippen molar-refractivity contribution >= 4 is 0 Å². The van der Waals surface area contributed by atoms with Crippen LogP contribution in [0.3, 0.4) is 0 Å². The van der Waals surface area contributed by atoms with E-state index in [1.807, 2.05) is 10.9 Å². The van der Waals surface area contributed by atoms with Gasteiger partial charge in [-0.05, 0) is 39.2 Å². The molecule has 1 aliphatic rings. The molecule has 84 valence electrons. The van der Waals surface area contributed by atoms with Crippen LogP contribution >= 0.6 is 0 Å². The summed E-state index contributed by atoms with van der Waals surface area (Å²) >= 11 is 0. The van der Waals surface area contributed by atoms with E-state index in [0.717, 1.165) is 12.5 Å². The van der Waals surface area contributed by atoms with Crippen molar-refractivity contribution in [3.05, 3.63) is 12.4 Å². The van der Waals surface area contributed by atoms with Crippen LogP contribution in [0.2, 0.25) is 0 Å². The molecule has 0 N–H and O–H groups in total. The summed E-state index contributed by atoms with van der Waals surface area (Å²) in [6.45, 7) is 8.03. The third-order valence-corrected chi connectivity index (χ3v) is 3.20. The molecular weight excluding hydrogens is 188 g/mol. The lowest BCUT2D eigenvalue weighted by Gasteiger charge is -2.35. The first-order valence-corrected chi connectivity index (χ1v) is 5.84. The maximum absolute atomic E-state index is 4.03. The molecule has 0 aromatic carbocycles. The zero-order chi connectivity index (χ0) is 10.7. The smallest absolute Gasteiger partial charge is 0.0692 e. The zero-order valence-electron chi connectivity index (χ0n) is 9.63. The van der Waals surface area contributed by atoms with Crippen molar-refractivity contribution in [1.29, 1.82) is 0 Å². The minimum absolute atomic E-state index is 0.670. The van der Waals surface area contributed by atoms with Crippen LogP contribution in [0.4, 0.5) is 0 Å². The van der Waals surface area contributed by atoms with Crippen LogP contribution in [-0.4, -0.2) is 39.0 Å². The maximum Gasteiger partial charge on any atom is 0.0692 e. The van der Waals surface area contributed by atoms with E-state index in [2.05, 4.69) is 29.1 Å². The number of likely N-dealkylation sites (tertiary alicyclic amines) is 1. The molecule has 15 heavy (non-hydrogen) atoms. The molecule has 4 heteroatoms. The fraction of sp³-hybridized carbons (Fsp3) is 0.818. The average molecular weight is 208 g/mol. The molecule has 0 spiro atoms. The molecule has 2 heterocycles. The molecule has 1 saturated heterocycles. The molecule has 1 aromatic rings. The van der Waals surface area contributed by atoms with E-state index in [4.69, 9.17) is 0 Å². The highest BCUT2D eigenvalue weighted by molar-refractivity contribution is 4.76. The average Bonchev–Trinajstić information content (AvgIpc) is 2.71. The van der Waals surface area contributed by atoms with Gasteiger partial charge >= 0.3 is 0 Å². The number of rotatable bonds is 3. The fourth-order valence-electron chi connectivity index (χ4n) is 2.31. The molecule has 1 fully saturated rings. The number of nitrogens with zero attached hydrogens (tertiary/aromatic N) is 4. The third-order valence-electron chi connectivity index (χ3n) is 3.20. The van der Waals surface area contributed by atoms with Crippen LogP contribution < -0.4 is 0 Å². The Morgan fingerprint density at radius 1 is 1.47 bits per heavy atom. The van der Waals surface area contributed by atoms with Gasteiger partial charge in [-0.2, -0.15) is 0 Å². The monoisotopic (exact) mass is 208 g/mol. The minimum Gasteiger partial charge on any atom is -0.301 e. The van der Waals surface area contributed by atoms with Gasteiger partial charge in [0.2, 0.25) is 0 Å². The molecule has 0 bridgehead atoms. The van der Waals surface area contributed by atoms with E-state index in [1.54, 1.807) is 6.20 Å². The van der Waals surface area contributed by atoms with Crippen LogP contribution in [0, 0.1) is 5.92 Å². The van der Waals surface area contributed by atoms with E-state index in [9.17, 15) is 0 Å². The molecule has 4 nitrogen and oxygen atoms in total. The summed E-state index contributed by atoms with van der Waals surface area (Å²) in [4.78, 5) is 2.56. The van der Waals surface area contributed by atoms with E-state index < -0.39 is 0 Å². The quantitative estimate of drug-likeness (QED) is 0.753. The predicted octanol–water partition coefficient (Wildman–Crippen LogP) is 1.40. The van der Waals surface area contributed by atoms with Crippen molar-refractivity contribution in [1.82, 2.24) is 19.9 Å². The molecule has 0 amide bonds. The highest BCUT2D eigenvalue weighted by atomic mass is 15.4. The van der Waals surface area contributed by atoms with Gasteiger partial charge in [0.25, 0.3) is 0 Å². The lowest BCUT2D eigenvalue weighted by molar-refractivity contribution is 0.128. The first kappa shape index (κ1) is 10.6. The molecule has 2 rings (SSSR count). The van der Waals surface area contributed by atoms with Crippen molar-refractivity contribution in [3.8, 4) is 0 Å². The summed E-state index contributed by atoms with van der Waals surface area (Å²) in [7, 11) is 0. The molecule has 0 saturated carbocycles. The fourth-order valence-corrected chi connectivity index (χ4v) is 2.31. The second-order valence-electron chi connectivity index (χ2n) is 4.72. The van der Waals surface area contributed by atoms with Crippen molar-refractivity contribution < 1.29 is 0 Å². The van der Waals surface area contributed by atoms with E-state index >= 15 is 0 Å². The van der Waals surface area contributed by atoms with Gasteiger partial charge in [0.15, 0.2) is 0 Å². The third kappa shape index (κ3) is 2.78. The van der Waals surface area contributed by atoms with Crippen molar-refractivity contribution in [3.63, 3.8) is 0 Å². The van der Waals surface area contributed by atoms with Crippen LogP contribution in [0.5, 0.6) is 0 Å². The van der Waals surface area contributed by atoms with Crippen LogP contribution in [0.25, 0.3) is 0 Å².